The van der Waals surface area contributed by atoms with Crippen LogP contribution in [0.1, 0.15) is 18.4 Å². The first-order valence-corrected chi connectivity index (χ1v) is 6.84. The monoisotopic (exact) mass is 330 g/mol. The normalized spacial score (nSPS) is 12.7. The summed E-state index contributed by atoms with van der Waals surface area (Å²) in [7, 11) is 1.47. The molecule has 7 heteroatoms. The zero-order valence-electron chi connectivity index (χ0n) is 12.8. The Morgan fingerprint density at radius 2 is 1.91 bits per heavy atom. The fraction of sp³-hybridized carbons (Fsp3) is 0.467. The molecule has 1 rings (SSSR count). The zero-order chi connectivity index (χ0) is 15.7. The molecule has 0 saturated heterocycles. The van der Waals surface area contributed by atoms with Crippen LogP contribution < -0.4 is 11.1 Å². The van der Waals surface area contributed by atoms with E-state index in [0.29, 0.717) is 6.61 Å². The molecule has 1 aromatic carbocycles. The van der Waals surface area contributed by atoms with Gasteiger partial charge < -0.3 is 20.5 Å². The highest BCUT2D eigenvalue weighted by Gasteiger charge is 2.23. The van der Waals surface area contributed by atoms with Gasteiger partial charge in [0.05, 0.1) is 19.1 Å². The van der Waals surface area contributed by atoms with E-state index < -0.39 is 12.0 Å². The molecule has 22 heavy (non-hydrogen) atoms. The summed E-state index contributed by atoms with van der Waals surface area (Å²) in [6.07, 6.45) is 0. The van der Waals surface area contributed by atoms with E-state index in [9.17, 15) is 9.59 Å². The fourth-order valence-corrected chi connectivity index (χ4v) is 1.85. The van der Waals surface area contributed by atoms with E-state index >= 15 is 0 Å². The molecule has 0 aromatic heterocycles. The molecule has 6 nitrogen and oxygen atoms in total. The highest BCUT2D eigenvalue weighted by atomic mass is 35.5. The number of rotatable bonds is 8. The van der Waals surface area contributed by atoms with Crippen molar-refractivity contribution in [3.8, 4) is 0 Å². The molecule has 0 bridgehead atoms. The lowest BCUT2D eigenvalue weighted by Crippen LogP contribution is -2.45. The van der Waals surface area contributed by atoms with Gasteiger partial charge in [0, 0.05) is 13.7 Å². The van der Waals surface area contributed by atoms with Gasteiger partial charge in [-0.15, -0.1) is 12.4 Å². The van der Waals surface area contributed by atoms with Crippen LogP contribution in [0.4, 0.5) is 0 Å². The summed E-state index contributed by atoms with van der Waals surface area (Å²) in [6, 6.07) is 8.42. The van der Waals surface area contributed by atoms with E-state index in [0.717, 1.165) is 5.56 Å². The van der Waals surface area contributed by atoms with Crippen molar-refractivity contribution in [3.63, 3.8) is 0 Å². The Hall–Kier alpha value is -1.63. The van der Waals surface area contributed by atoms with Crippen molar-refractivity contribution in [1.29, 1.82) is 0 Å². The van der Waals surface area contributed by atoms with Gasteiger partial charge in [-0.05, 0) is 12.5 Å². The van der Waals surface area contributed by atoms with Crippen LogP contribution >= 0.6 is 12.4 Å². The average molecular weight is 331 g/mol. The third-order valence-electron chi connectivity index (χ3n) is 2.94. The molecule has 1 amide bonds. The third kappa shape index (κ3) is 6.43. The third-order valence-corrected chi connectivity index (χ3v) is 2.94. The number of hydrogen-bond donors (Lipinski definition) is 2. The minimum atomic E-state index is -0.756. The lowest BCUT2D eigenvalue weighted by molar-refractivity contribution is -0.144. The van der Waals surface area contributed by atoms with E-state index in [-0.39, 0.29) is 37.4 Å². The van der Waals surface area contributed by atoms with Crippen molar-refractivity contribution in [1.82, 2.24) is 5.32 Å². The van der Waals surface area contributed by atoms with Crippen LogP contribution in [0.25, 0.3) is 0 Å². The Bertz CT molecular complexity index is 456. The van der Waals surface area contributed by atoms with Gasteiger partial charge in [0.15, 0.2) is 0 Å². The predicted molar refractivity (Wildman–Crippen MR) is 85.9 cm³/mol. The number of hydrogen-bond acceptors (Lipinski definition) is 5. The lowest BCUT2D eigenvalue weighted by atomic mass is 9.99. The molecule has 0 spiro atoms. The number of nitrogens with two attached hydrogens (primary N) is 1. The van der Waals surface area contributed by atoms with Crippen molar-refractivity contribution in [3.05, 3.63) is 35.9 Å². The van der Waals surface area contributed by atoms with Crippen LogP contribution in [0.15, 0.2) is 30.3 Å². The van der Waals surface area contributed by atoms with Crippen molar-refractivity contribution in [2.24, 2.45) is 5.73 Å². The summed E-state index contributed by atoms with van der Waals surface area (Å²) in [4.78, 5) is 23.8. The lowest BCUT2D eigenvalue weighted by Gasteiger charge is -2.18. The second kappa shape index (κ2) is 11.0. The van der Waals surface area contributed by atoms with Crippen molar-refractivity contribution in [2.75, 3.05) is 26.9 Å². The first kappa shape index (κ1) is 20.4. The molecule has 0 radical (unpaired) electrons. The van der Waals surface area contributed by atoms with E-state index in [1.165, 1.54) is 7.11 Å². The first-order valence-electron chi connectivity index (χ1n) is 6.84. The van der Waals surface area contributed by atoms with Gasteiger partial charge in [0.25, 0.3) is 0 Å². The summed E-state index contributed by atoms with van der Waals surface area (Å²) >= 11 is 0. The molecular weight excluding hydrogens is 308 g/mol. The average Bonchev–Trinajstić information content (AvgIpc) is 2.49. The summed E-state index contributed by atoms with van der Waals surface area (Å²) in [5.41, 5.74) is 6.42. The zero-order valence-corrected chi connectivity index (χ0v) is 13.6. The molecule has 3 N–H and O–H groups in total. The SMILES string of the molecule is CCOC(=O)C(CNC(=O)C(N)COC)c1ccccc1.Cl. The van der Waals surface area contributed by atoms with E-state index in [1.54, 1.807) is 6.92 Å². The maximum Gasteiger partial charge on any atom is 0.315 e. The van der Waals surface area contributed by atoms with Gasteiger partial charge in [0.2, 0.25) is 5.91 Å². The highest BCUT2D eigenvalue weighted by Crippen LogP contribution is 2.16. The van der Waals surface area contributed by atoms with E-state index in [2.05, 4.69) is 5.32 Å². The Morgan fingerprint density at radius 3 is 2.45 bits per heavy atom. The Labute approximate surface area is 136 Å². The highest BCUT2D eigenvalue weighted by molar-refractivity contribution is 5.85. The summed E-state index contributed by atoms with van der Waals surface area (Å²) < 4.78 is 9.88. The molecule has 0 aliphatic carbocycles. The maximum atomic E-state index is 12.0. The predicted octanol–water partition coefficient (Wildman–Crippen LogP) is 0.845. The Morgan fingerprint density at radius 1 is 1.27 bits per heavy atom. The summed E-state index contributed by atoms with van der Waals surface area (Å²) in [6.45, 7) is 2.30. The summed E-state index contributed by atoms with van der Waals surface area (Å²) in [5, 5.41) is 2.66. The quantitative estimate of drug-likeness (QED) is 0.689. The molecule has 124 valence electrons. The number of esters is 1. The number of halogens is 1. The Kier molecular flexibility index (Phi) is 10.2. The summed E-state index contributed by atoms with van der Waals surface area (Å²) in [5.74, 6) is -1.28. The number of carbonyl (C=O) groups is 2. The van der Waals surface area contributed by atoms with Gasteiger partial charge in [0.1, 0.15) is 6.04 Å². The molecule has 2 atom stereocenters. The molecule has 0 heterocycles. The van der Waals surface area contributed by atoms with Crippen LogP contribution in [-0.2, 0) is 19.1 Å². The van der Waals surface area contributed by atoms with Crippen molar-refractivity contribution >= 4 is 24.3 Å². The van der Waals surface area contributed by atoms with Crippen molar-refractivity contribution in [2.45, 2.75) is 18.9 Å². The van der Waals surface area contributed by atoms with Crippen LogP contribution in [0.2, 0.25) is 0 Å². The van der Waals surface area contributed by atoms with Crippen molar-refractivity contribution < 1.29 is 19.1 Å². The molecule has 2 unspecified atom stereocenters. The first-order chi connectivity index (χ1) is 10.1. The fourth-order valence-electron chi connectivity index (χ4n) is 1.85. The molecular formula is C15H23ClN2O4. The molecule has 0 aliphatic rings. The largest absolute Gasteiger partial charge is 0.465 e. The second-order valence-electron chi connectivity index (χ2n) is 4.52. The minimum absolute atomic E-state index is 0. The van der Waals surface area contributed by atoms with Crippen LogP contribution in [0.5, 0.6) is 0 Å². The van der Waals surface area contributed by atoms with Gasteiger partial charge in [-0.25, -0.2) is 0 Å². The van der Waals surface area contributed by atoms with Crippen LogP contribution in [0, 0.1) is 0 Å². The van der Waals surface area contributed by atoms with Gasteiger partial charge in [-0.2, -0.15) is 0 Å². The number of nitrogens with one attached hydrogen (secondary N) is 1. The van der Waals surface area contributed by atoms with Gasteiger partial charge in [-0.3, -0.25) is 9.59 Å². The minimum Gasteiger partial charge on any atom is -0.465 e. The smallest absolute Gasteiger partial charge is 0.315 e. The molecule has 0 fully saturated rings. The standard InChI is InChI=1S/C15H22N2O4.ClH/c1-3-21-15(19)12(11-7-5-4-6-8-11)9-17-14(18)13(16)10-20-2;/h4-8,12-13H,3,9-10,16H2,1-2H3,(H,17,18);1H. The number of benzene rings is 1. The van der Waals surface area contributed by atoms with Crippen LogP contribution in [-0.4, -0.2) is 44.8 Å². The van der Waals surface area contributed by atoms with E-state index in [1.807, 2.05) is 30.3 Å². The molecule has 0 aliphatic heterocycles. The van der Waals surface area contributed by atoms with Gasteiger partial charge in [-0.1, -0.05) is 30.3 Å². The Balaban J connectivity index is 0.00000441. The topological polar surface area (TPSA) is 90.7 Å². The maximum absolute atomic E-state index is 12.0. The molecule has 0 saturated carbocycles. The van der Waals surface area contributed by atoms with E-state index in [4.69, 9.17) is 15.2 Å². The van der Waals surface area contributed by atoms with Crippen LogP contribution in [0.3, 0.4) is 0 Å². The number of amides is 1. The second-order valence-corrected chi connectivity index (χ2v) is 4.52. The number of ether oxygens (including phenoxy) is 2. The molecule has 1 aromatic rings. The number of methoxy groups -OCH3 is 1. The van der Waals surface area contributed by atoms with Gasteiger partial charge >= 0.3 is 5.97 Å². The number of carbonyl (C=O) groups excluding carboxylic acids is 2.